The SMILES string of the molecule is Cc1cncc(NC(=O)C2CC(O)CN2)c1. The molecular weight excluding hydrogens is 206 g/mol. The van der Waals surface area contributed by atoms with Crippen LogP contribution in [0.15, 0.2) is 18.5 Å². The highest BCUT2D eigenvalue weighted by atomic mass is 16.3. The molecule has 2 heterocycles. The van der Waals surface area contributed by atoms with Gasteiger partial charge in [-0.15, -0.1) is 0 Å². The van der Waals surface area contributed by atoms with Gasteiger partial charge in [-0.25, -0.2) is 0 Å². The van der Waals surface area contributed by atoms with Crippen molar-refractivity contribution >= 4 is 11.6 Å². The number of aliphatic hydroxyl groups is 1. The summed E-state index contributed by atoms with van der Waals surface area (Å²) in [6.45, 7) is 2.39. The predicted octanol–water partition coefficient (Wildman–Crippen LogP) is 0.0513. The van der Waals surface area contributed by atoms with Crippen molar-refractivity contribution in [2.45, 2.75) is 25.5 Å². The monoisotopic (exact) mass is 221 g/mol. The fraction of sp³-hybridized carbons (Fsp3) is 0.455. The topological polar surface area (TPSA) is 74.2 Å². The van der Waals surface area contributed by atoms with E-state index in [1.54, 1.807) is 12.4 Å². The van der Waals surface area contributed by atoms with Gasteiger partial charge in [-0.05, 0) is 25.0 Å². The van der Waals surface area contributed by atoms with E-state index in [-0.39, 0.29) is 11.9 Å². The highest BCUT2D eigenvalue weighted by Gasteiger charge is 2.27. The number of amides is 1. The van der Waals surface area contributed by atoms with Crippen molar-refractivity contribution in [2.24, 2.45) is 0 Å². The number of aromatic nitrogens is 1. The summed E-state index contributed by atoms with van der Waals surface area (Å²) in [7, 11) is 0. The van der Waals surface area contributed by atoms with Crippen LogP contribution in [0.2, 0.25) is 0 Å². The largest absolute Gasteiger partial charge is 0.392 e. The molecule has 1 amide bonds. The molecule has 0 aliphatic carbocycles. The van der Waals surface area contributed by atoms with Gasteiger partial charge in [0.25, 0.3) is 0 Å². The average Bonchev–Trinajstić information content (AvgIpc) is 2.65. The maximum Gasteiger partial charge on any atom is 0.241 e. The van der Waals surface area contributed by atoms with Crippen LogP contribution in [0.1, 0.15) is 12.0 Å². The number of carbonyl (C=O) groups excluding carboxylic acids is 1. The van der Waals surface area contributed by atoms with E-state index in [0.29, 0.717) is 18.7 Å². The number of nitrogens with zero attached hydrogens (tertiary/aromatic N) is 1. The molecule has 0 aromatic carbocycles. The van der Waals surface area contributed by atoms with Crippen LogP contribution in [0, 0.1) is 6.92 Å². The summed E-state index contributed by atoms with van der Waals surface area (Å²) in [6, 6.07) is 1.55. The number of hydrogen-bond acceptors (Lipinski definition) is 4. The van der Waals surface area contributed by atoms with Crippen LogP contribution in [0.5, 0.6) is 0 Å². The van der Waals surface area contributed by atoms with Crippen LogP contribution in [0.25, 0.3) is 0 Å². The molecule has 2 atom stereocenters. The second kappa shape index (κ2) is 4.59. The maximum atomic E-state index is 11.8. The zero-order chi connectivity index (χ0) is 11.5. The third-order valence-corrected chi connectivity index (χ3v) is 2.57. The van der Waals surface area contributed by atoms with Crippen LogP contribution in [-0.2, 0) is 4.79 Å². The standard InChI is InChI=1S/C11H15N3O2/c1-7-2-8(5-12-4-7)14-11(16)10-3-9(15)6-13-10/h2,4-5,9-10,13,15H,3,6H2,1H3,(H,14,16). The first-order valence-electron chi connectivity index (χ1n) is 5.29. The number of aliphatic hydroxyl groups excluding tert-OH is 1. The number of carbonyl (C=O) groups is 1. The van der Waals surface area contributed by atoms with E-state index in [1.807, 2.05) is 13.0 Å². The number of pyridine rings is 1. The average molecular weight is 221 g/mol. The van der Waals surface area contributed by atoms with E-state index in [9.17, 15) is 9.90 Å². The Bertz CT molecular complexity index is 395. The minimum Gasteiger partial charge on any atom is -0.392 e. The smallest absolute Gasteiger partial charge is 0.241 e. The lowest BCUT2D eigenvalue weighted by Gasteiger charge is -2.10. The maximum absolute atomic E-state index is 11.8. The van der Waals surface area contributed by atoms with Crippen LogP contribution >= 0.6 is 0 Å². The van der Waals surface area contributed by atoms with E-state index >= 15 is 0 Å². The van der Waals surface area contributed by atoms with Crippen LogP contribution < -0.4 is 10.6 Å². The minimum atomic E-state index is -0.425. The highest BCUT2D eigenvalue weighted by Crippen LogP contribution is 2.11. The molecule has 3 N–H and O–H groups in total. The van der Waals surface area contributed by atoms with Crippen molar-refractivity contribution in [1.82, 2.24) is 10.3 Å². The molecule has 0 radical (unpaired) electrons. The molecule has 16 heavy (non-hydrogen) atoms. The molecule has 5 heteroatoms. The fourth-order valence-corrected chi connectivity index (χ4v) is 1.77. The summed E-state index contributed by atoms with van der Waals surface area (Å²) < 4.78 is 0. The van der Waals surface area contributed by atoms with Gasteiger partial charge in [-0.1, -0.05) is 0 Å². The molecule has 1 aliphatic heterocycles. The third kappa shape index (κ3) is 2.56. The fourth-order valence-electron chi connectivity index (χ4n) is 1.77. The molecule has 5 nitrogen and oxygen atoms in total. The van der Waals surface area contributed by atoms with Gasteiger partial charge in [0.05, 0.1) is 24.0 Å². The number of anilines is 1. The van der Waals surface area contributed by atoms with Gasteiger partial charge in [0.2, 0.25) is 5.91 Å². The summed E-state index contributed by atoms with van der Waals surface area (Å²) in [5.41, 5.74) is 1.69. The van der Waals surface area contributed by atoms with E-state index in [4.69, 9.17) is 0 Å². The van der Waals surface area contributed by atoms with E-state index < -0.39 is 6.10 Å². The molecule has 0 saturated carbocycles. The highest BCUT2D eigenvalue weighted by molar-refractivity contribution is 5.95. The van der Waals surface area contributed by atoms with Crippen molar-refractivity contribution in [3.05, 3.63) is 24.0 Å². The molecule has 2 unspecified atom stereocenters. The van der Waals surface area contributed by atoms with Crippen molar-refractivity contribution in [3.8, 4) is 0 Å². The number of aryl methyl sites for hydroxylation is 1. The van der Waals surface area contributed by atoms with Gasteiger partial charge < -0.3 is 15.7 Å². The molecule has 1 saturated heterocycles. The summed E-state index contributed by atoms with van der Waals surface area (Å²) in [6.07, 6.45) is 3.38. The zero-order valence-corrected chi connectivity index (χ0v) is 9.10. The van der Waals surface area contributed by atoms with Gasteiger partial charge in [-0.2, -0.15) is 0 Å². The molecule has 0 spiro atoms. The Balaban J connectivity index is 1.97. The van der Waals surface area contributed by atoms with Crippen LogP contribution in [0.3, 0.4) is 0 Å². The Labute approximate surface area is 93.9 Å². The quantitative estimate of drug-likeness (QED) is 0.659. The Morgan fingerprint density at radius 3 is 3.06 bits per heavy atom. The Morgan fingerprint density at radius 1 is 1.62 bits per heavy atom. The van der Waals surface area contributed by atoms with Crippen LogP contribution in [-0.4, -0.2) is 34.7 Å². The second-order valence-corrected chi connectivity index (χ2v) is 4.09. The first-order chi connectivity index (χ1) is 7.65. The van der Waals surface area contributed by atoms with Gasteiger partial charge >= 0.3 is 0 Å². The van der Waals surface area contributed by atoms with Crippen LogP contribution in [0.4, 0.5) is 5.69 Å². The lowest BCUT2D eigenvalue weighted by molar-refractivity contribution is -0.117. The molecule has 86 valence electrons. The predicted molar refractivity (Wildman–Crippen MR) is 60.0 cm³/mol. The first-order valence-corrected chi connectivity index (χ1v) is 5.29. The van der Waals surface area contributed by atoms with Gasteiger partial charge in [-0.3, -0.25) is 9.78 Å². The first kappa shape index (κ1) is 11.0. The molecule has 1 aromatic heterocycles. The van der Waals surface area contributed by atoms with E-state index in [1.165, 1.54) is 0 Å². The van der Waals surface area contributed by atoms with E-state index in [2.05, 4.69) is 15.6 Å². The Hall–Kier alpha value is -1.46. The van der Waals surface area contributed by atoms with Gasteiger partial charge in [0.15, 0.2) is 0 Å². The number of rotatable bonds is 2. The molecule has 2 rings (SSSR count). The molecular formula is C11H15N3O2. The molecule has 1 aromatic rings. The zero-order valence-electron chi connectivity index (χ0n) is 9.10. The van der Waals surface area contributed by atoms with Crippen molar-refractivity contribution in [3.63, 3.8) is 0 Å². The molecule has 1 fully saturated rings. The Kier molecular flexibility index (Phi) is 3.17. The van der Waals surface area contributed by atoms with Gasteiger partial charge in [0.1, 0.15) is 0 Å². The second-order valence-electron chi connectivity index (χ2n) is 4.09. The normalized spacial score (nSPS) is 24.4. The minimum absolute atomic E-state index is 0.121. The lowest BCUT2D eigenvalue weighted by Crippen LogP contribution is -2.35. The lowest BCUT2D eigenvalue weighted by atomic mass is 10.2. The number of hydrogen-bond donors (Lipinski definition) is 3. The van der Waals surface area contributed by atoms with Gasteiger partial charge in [0, 0.05) is 12.7 Å². The summed E-state index contributed by atoms with van der Waals surface area (Å²) in [4.78, 5) is 15.8. The van der Waals surface area contributed by atoms with E-state index in [0.717, 1.165) is 5.56 Å². The summed E-state index contributed by atoms with van der Waals surface area (Å²) >= 11 is 0. The summed E-state index contributed by atoms with van der Waals surface area (Å²) in [5.74, 6) is -0.121. The molecule has 0 bridgehead atoms. The van der Waals surface area contributed by atoms with Crippen molar-refractivity contribution in [2.75, 3.05) is 11.9 Å². The Morgan fingerprint density at radius 2 is 2.44 bits per heavy atom. The van der Waals surface area contributed by atoms with Crippen molar-refractivity contribution < 1.29 is 9.90 Å². The number of nitrogens with one attached hydrogen (secondary N) is 2. The third-order valence-electron chi connectivity index (χ3n) is 2.57. The molecule has 1 aliphatic rings. The number of β-amino-alcohol motifs (C(OH)–C–C–N with tert-alkyl or cyclic N) is 1. The summed E-state index contributed by atoms with van der Waals surface area (Å²) in [5, 5.41) is 15.0. The van der Waals surface area contributed by atoms with Crippen molar-refractivity contribution in [1.29, 1.82) is 0 Å².